The molecular weight excluding hydrogens is 318 g/mol. The molecule has 2 rings (SSSR count). The van der Waals surface area contributed by atoms with Crippen LogP contribution in [0.5, 0.6) is 5.75 Å². The molecule has 1 fully saturated rings. The average Bonchev–Trinajstić information content (AvgIpc) is 2.88. The fourth-order valence-corrected chi connectivity index (χ4v) is 2.85. The monoisotopic (exact) mass is 339 g/mol. The molecule has 0 aromatic heterocycles. The van der Waals surface area contributed by atoms with Gasteiger partial charge in [0, 0.05) is 10.5 Å². The van der Waals surface area contributed by atoms with Crippen LogP contribution in [0.4, 0.5) is 0 Å². The molecule has 1 aliphatic rings. The van der Waals surface area contributed by atoms with Gasteiger partial charge in [-0.15, -0.1) is 0 Å². The van der Waals surface area contributed by atoms with Crippen molar-refractivity contribution in [3.05, 3.63) is 27.7 Å². The van der Waals surface area contributed by atoms with E-state index < -0.39 is 6.10 Å². The minimum absolute atomic E-state index is 0.0184. The molecule has 110 valence electrons. The number of rotatable bonds is 4. The van der Waals surface area contributed by atoms with Crippen molar-refractivity contribution in [2.75, 3.05) is 0 Å². The summed E-state index contributed by atoms with van der Waals surface area (Å²) in [7, 11) is 0. The normalized spacial score (nSPS) is 17.0. The molecule has 1 N–H and O–H groups in total. The van der Waals surface area contributed by atoms with E-state index in [9.17, 15) is 4.79 Å². The summed E-state index contributed by atoms with van der Waals surface area (Å²) in [6.45, 7) is 5.84. The number of halogens is 1. The largest absolute Gasteiger partial charge is 0.481 e. The Kier molecular flexibility index (Phi) is 5.08. The summed E-state index contributed by atoms with van der Waals surface area (Å²) < 4.78 is 6.86. The van der Waals surface area contributed by atoms with Gasteiger partial charge in [-0.1, -0.05) is 28.8 Å². The molecule has 1 aromatic rings. The highest BCUT2D eigenvalue weighted by molar-refractivity contribution is 9.10. The van der Waals surface area contributed by atoms with Crippen molar-refractivity contribution >= 4 is 21.8 Å². The van der Waals surface area contributed by atoms with Crippen LogP contribution in [-0.2, 0) is 4.79 Å². The zero-order chi connectivity index (χ0) is 14.7. The average molecular weight is 340 g/mol. The maximum absolute atomic E-state index is 12.1. The van der Waals surface area contributed by atoms with Crippen LogP contribution in [0.15, 0.2) is 16.6 Å². The van der Waals surface area contributed by atoms with Gasteiger partial charge in [0.25, 0.3) is 5.91 Å². The molecule has 1 saturated carbocycles. The number of amides is 1. The first-order valence-electron chi connectivity index (χ1n) is 7.21. The summed E-state index contributed by atoms with van der Waals surface area (Å²) in [5.74, 6) is 0.729. The van der Waals surface area contributed by atoms with E-state index in [0.29, 0.717) is 6.04 Å². The molecule has 1 aliphatic carbocycles. The number of hydrogen-bond donors (Lipinski definition) is 1. The Morgan fingerprint density at radius 2 is 1.85 bits per heavy atom. The van der Waals surface area contributed by atoms with Crippen LogP contribution in [0, 0.1) is 13.8 Å². The summed E-state index contributed by atoms with van der Waals surface area (Å²) in [5.41, 5.74) is 2.23. The van der Waals surface area contributed by atoms with Gasteiger partial charge in [0.1, 0.15) is 5.75 Å². The SMILES string of the molecule is Cc1cc(OC(C)C(=O)NC2CCCC2)cc(C)c1Br. The first-order chi connectivity index (χ1) is 9.47. The van der Waals surface area contributed by atoms with Crippen LogP contribution in [0.1, 0.15) is 43.7 Å². The van der Waals surface area contributed by atoms with Crippen LogP contribution in [0.2, 0.25) is 0 Å². The van der Waals surface area contributed by atoms with Crippen molar-refractivity contribution in [1.82, 2.24) is 5.32 Å². The van der Waals surface area contributed by atoms with Crippen molar-refractivity contribution in [2.45, 2.75) is 58.6 Å². The Balaban J connectivity index is 1.96. The first-order valence-corrected chi connectivity index (χ1v) is 8.00. The van der Waals surface area contributed by atoms with E-state index in [2.05, 4.69) is 21.2 Å². The molecule has 0 heterocycles. The Labute approximate surface area is 129 Å². The molecule has 0 aliphatic heterocycles. The smallest absolute Gasteiger partial charge is 0.260 e. The lowest BCUT2D eigenvalue weighted by molar-refractivity contribution is -0.127. The van der Waals surface area contributed by atoms with Gasteiger partial charge >= 0.3 is 0 Å². The van der Waals surface area contributed by atoms with Gasteiger partial charge in [0.05, 0.1) is 0 Å². The molecule has 0 bridgehead atoms. The number of hydrogen-bond acceptors (Lipinski definition) is 2. The topological polar surface area (TPSA) is 38.3 Å². The van der Waals surface area contributed by atoms with Crippen LogP contribution >= 0.6 is 15.9 Å². The van der Waals surface area contributed by atoms with Crippen molar-refractivity contribution in [3.8, 4) is 5.75 Å². The number of ether oxygens (including phenoxy) is 1. The highest BCUT2D eigenvalue weighted by Gasteiger charge is 2.21. The number of nitrogens with one attached hydrogen (secondary N) is 1. The molecular formula is C16H22BrNO2. The van der Waals surface area contributed by atoms with Gasteiger partial charge in [-0.3, -0.25) is 4.79 Å². The lowest BCUT2D eigenvalue weighted by Crippen LogP contribution is -2.41. The zero-order valence-electron chi connectivity index (χ0n) is 12.3. The molecule has 0 saturated heterocycles. The fourth-order valence-electron chi connectivity index (χ4n) is 2.62. The van der Waals surface area contributed by atoms with Crippen LogP contribution < -0.4 is 10.1 Å². The summed E-state index contributed by atoms with van der Waals surface area (Å²) >= 11 is 3.53. The van der Waals surface area contributed by atoms with E-state index in [4.69, 9.17) is 4.74 Å². The second-order valence-electron chi connectivity index (χ2n) is 5.62. The predicted molar refractivity (Wildman–Crippen MR) is 84.1 cm³/mol. The zero-order valence-corrected chi connectivity index (χ0v) is 13.9. The molecule has 0 spiro atoms. The standard InChI is InChI=1S/C16H22BrNO2/c1-10-8-14(9-11(2)15(10)17)20-12(3)16(19)18-13-6-4-5-7-13/h8-9,12-13H,4-7H2,1-3H3,(H,18,19). The summed E-state index contributed by atoms with van der Waals surface area (Å²) in [5, 5.41) is 3.07. The molecule has 4 heteroatoms. The van der Waals surface area contributed by atoms with Crippen LogP contribution in [-0.4, -0.2) is 18.1 Å². The summed E-state index contributed by atoms with van der Waals surface area (Å²) in [6, 6.07) is 4.24. The van der Waals surface area contributed by atoms with Gasteiger partial charge in [0.15, 0.2) is 6.10 Å². The number of aryl methyl sites for hydroxylation is 2. The maximum atomic E-state index is 12.1. The lowest BCUT2D eigenvalue weighted by atomic mass is 10.1. The maximum Gasteiger partial charge on any atom is 0.260 e. The molecule has 1 atom stereocenters. The van der Waals surface area contributed by atoms with E-state index in [-0.39, 0.29) is 5.91 Å². The molecule has 1 unspecified atom stereocenters. The predicted octanol–water partition coefficient (Wildman–Crippen LogP) is 3.89. The van der Waals surface area contributed by atoms with Crippen molar-refractivity contribution in [1.29, 1.82) is 0 Å². The molecule has 20 heavy (non-hydrogen) atoms. The highest BCUT2D eigenvalue weighted by Crippen LogP contribution is 2.27. The van der Waals surface area contributed by atoms with E-state index in [1.807, 2.05) is 26.0 Å². The Bertz CT molecular complexity index is 472. The third kappa shape index (κ3) is 3.75. The van der Waals surface area contributed by atoms with Gasteiger partial charge in [0.2, 0.25) is 0 Å². The fraction of sp³-hybridized carbons (Fsp3) is 0.562. The third-order valence-electron chi connectivity index (χ3n) is 3.79. The Hall–Kier alpha value is -1.03. The summed E-state index contributed by atoms with van der Waals surface area (Å²) in [6.07, 6.45) is 4.15. The van der Waals surface area contributed by atoms with Gasteiger partial charge in [-0.25, -0.2) is 0 Å². The number of carbonyl (C=O) groups is 1. The number of carbonyl (C=O) groups excluding carboxylic acids is 1. The second-order valence-corrected chi connectivity index (χ2v) is 6.41. The van der Waals surface area contributed by atoms with Gasteiger partial charge < -0.3 is 10.1 Å². The Morgan fingerprint density at radius 1 is 1.30 bits per heavy atom. The highest BCUT2D eigenvalue weighted by atomic mass is 79.9. The van der Waals surface area contributed by atoms with E-state index in [0.717, 1.165) is 34.2 Å². The molecule has 1 amide bonds. The lowest BCUT2D eigenvalue weighted by Gasteiger charge is -2.19. The van der Waals surface area contributed by atoms with Gasteiger partial charge in [-0.05, 0) is 56.9 Å². The van der Waals surface area contributed by atoms with E-state index >= 15 is 0 Å². The molecule has 3 nitrogen and oxygen atoms in total. The van der Waals surface area contributed by atoms with E-state index in [1.54, 1.807) is 6.92 Å². The molecule has 1 aromatic carbocycles. The molecule has 0 radical (unpaired) electrons. The van der Waals surface area contributed by atoms with Crippen LogP contribution in [0.3, 0.4) is 0 Å². The Morgan fingerprint density at radius 3 is 2.40 bits per heavy atom. The second kappa shape index (κ2) is 6.61. The summed E-state index contributed by atoms with van der Waals surface area (Å²) in [4.78, 5) is 12.1. The quantitative estimate of drug-likeness (QED) is 0.903. The van der Waals surface area contributed by atoms with Crippen molar-refractivity contribution in [3.63, 3.8) is 0 Å². The van der Waals surface area contributed by atoms with Crippen LogP contribution in [0.25, 0.3) is 0 Å². The minimum atomic E-state index is -0.462. The first kappa shape index (κ1) is 15.4. The van der Waals surface area contributed by atoms with Gasteiger partial charge in [-0.2, -0.15) is 0 Å². The number of benzene rings is 1. The third-order valence-corrected chi connectivity index (χ3v) is 5.04. The van der Waals surface area contributed by atoms with E-state index in [1.165, 1.54) is 12.8 Å². The van der Waals surface area contributed by atoms with Crippen molar-refractivity contribution in [2.24, 2.45) is 0 Å². The van der Waals surface area contributed by atoms with Crippen molar-refractivity contribution < 1.29 is 9.53 Å². The minimum Gasteiger partial charge on any atom is -0.481 e.